The largest absolute Gasteiger partial charge is 0.376 e. The minimum atomic E-state index is -0.503. The monoisotopic (exact) mass is 386 g/mol. The summed E-state index contributed by atoms with van der Waals surface area (Å²) < 4.78 is 0. The minimum absolute atomic E-state index is 0.0217. The van der Waals surface area contributed by atoms with Gasteiger partial charge >= 0.3 is 6.03 Å². The number of hydrogen-bond donors (Lipinski definition) is 4. The number of amides is 4. The van der Waals surface area contributed by atoms with Gasteiger partial charge in [0.05, 0.1) is 6.54 Å². The summed E-state index contributed by atoms with van der Waals surface area (Å²) in [5, 5.41) is 12.7. The lowest BCUT2D eigenvalue weighted by atomic mass is 10.2. The van der Waals surface area contributed by atoms with Crippen LogP contribution in [0.4, 0.5) is 16.2 Å². The highest BCUT2D eigenvalue weighted by Gasteiger charge is 2.29. The van der Waals surface area contributed by atoms with Crippen molar-refractivity contribution in [3.05, 3.63) is 46.7 Å². The summed E-state index contributed by atoms with van der Waals surface area (Å²) >= 11 is 1.63. The van der Waals surface area contributed by atoms with E-state index in [1.165, 1.54) is 4.88 Å². The van der Waals surface area contributed by atoms with Crippen molar-refractivity contribution < 1.29 is 14.4 Å². The third-order valence-electron chi connectivity index (χ3n) is 4.04. The van der Waals surface area contributed by atoms with E-state index < -0.39 is 11.9 Å². The number of carbonyl (C=O) groups excluding carboxylic acids is 3. The van der Waals surface area contributed by atoms with Gasteiger partial charge in [-0.1, -0.05) is 6.07 Å². The molecular weight excluding hydrogens is 364 g/mol. The predicted molar refractivity (Wildman–Crippen MR) is 106 cm³/mol. The number of urea groups is 1. The highest BCUT2D eigenvalue weighted by Crippen LogP contribution is 2.30. The number of nitrogens with one attached hydrogen (secondary N) is 4. The first-order valence-electron chi connectivity index (χ1n) is 8.85. The molecule has 1 aromatic carbocycles. The van der Waals surface area contributed by atoms with Crippen LogP contribution in [0.25, 0.3) is 0 Å². The number of imide groups is 1. The fraction of sp³-hybridized carbons (Fsp3) is 0.316. The van der Waals surface area contributed by atoms with Gasteiger partial charge in [-0.15, -0.1) is 11.3 Å². The molecule has 0 saturated heterocycles. The van der Waals surface area contributed by atoms with Crippen molar-refractivity contribution in [2.45, 2.75) is 19.3 Å². The Labute approximate surface area is 161 Å². The molecule has 27 heavy (non-hydrogen) atoms. The van der Waals surface area contributed by atoms with Crippen molar-refractivity contribution in [3.8, 4) is 0 Å². The molecule has 0 unspecified atom stereocenters. The lowest BCUT2D eigenvalue weighted by Crippen LogP contribution is -2.42. The molecular formula is C19H22N4O3S. The molecule has 1 heterocycles. The summed E-state index contributed by atoms with van der Waals surface area (Å²) in [6, 6.07) is 10.6. The molecule has 1 fully saturated rings. The molecule has 2 aromatic rings. The Bertz CT molecular complexity index is 786. The second kappa shape index (κ2) is 9.18. The topological polar surface area (TPSA) is 99.3 Å². The summed E-state index contributed by atoms with van der Waals surface area (Å²) in [6.07, 6.45) is 2.66. The van der Waals surface area contributed by atoms with E-state index >= 15 is 0 Å². The van der Waals surface area contributed by atoms with Gasteiger partial charge in [0.15, 0.2) is 0 Å². The van der Waals surface area contributed by atoms with Gasteiger partial charge in [-0.05, 0) is 55.0 Å². The maximum atomic E-state index is 11.8. The first-order chi connectivity index (χ1) is 13.1. The molecule has 0 radical (unpaired) electrons. The molecule has 1 aromatic heterocycles. The standard InChI is InChI=1S/C19H22N4O3S/c24-17(23-19(26)20-10-9-16-2-1-11-27-16)12-21-14-5-7-15(8-6-14)22-18(25)13-3-4-13/h1-2,5-8,11,13,21H,3-4,9-10,12H2,(H,22,25)(H2,20,23,24,26). The van der Waals surface area contributed by atoms with Crippen molar-refractivity contribution in [2.75, 3.05) is 23.7 Å². The van der Waals surface area contributed by atoms with Gasteiger partial charge in [-0.25, -0.2) is 4.79 Å². The van der Waals surface area contributed by atoms with Crippen molar-refractivity contribution in [3.63, 3.8) is 0 Å². The van der Waals surface area contributed by atoms with Gasteiger partial charge in [-0.2, -0.15) is 0 Å². The van der Waals surface area contributed by atoms with Crippen LogP contribution in [0.5, 0.6) is 0 Å². The zero-order valence-corrected chi connectivity index (χ0v) is 15.6. The Hall–Kier alpha value is -2.87. The fourth-order valence-corrected chi connectivity index (χ4v) is 3.12. The van der Waals surface area contributed by atoms with Crippen molar-refractivity contribution >= 4 is 40.6 Å². The Kier molecular flexibility index (Phi) is 6.43. The summed E-state index contributed by atoms with van der Waals surface area (Å²) in [5.41, 5.74) is 1.46. The molecule has 0 bridgehead atoms. The van der Waals surface area contributed by atoms with Gasteiger partial charge in [0, 0.05) is 28.7 Å². The third kappa shape index (κ3) is 6.41. The van der Waals surface area contributed by atoms with Crippen LogP contribution in [0, 0.1) is 5.92 Å². The van der Waals surface area contributed by atoms with Crippen molar-refractivity contribution in [1.82, 2.24) is 10.6 Å². The number of anilines is 2. The zero-order chi connectivity index (χ0) is 19.1. The van der Waals surface area contributed by atoms with Gasteiger partial charge in [-0.3, -0.25) is 14.9 Å². The minimum Gasteiger partial charge on any atom is -0.376 e. The third-order valence-corrected chi connectivity index (χ3v) is 4.98. The first kappa shape index (κ1) is 18.9. The molecule has 3 rings (SSSR count). The molecule has 4 amide bonds. The predicted octanol–water partition coefficient (Wildman–Crippen LogP) is 2.58. The number of thiophene rings is 1. The van der Waals surface area contributed by atoms with Crippen LogP contribution in [0.2, 0.25) is 0 Å². The maximum Gasteiger partial charge on any atom is 0.321 e. The second-order valence-electron chi connectivity index (χ2n) is 6.33. The average molecular weight is 386 g/mol. The quantitative estimate of drug-likeness (QED) is 0.560. The number of rotatable bonds is 8. The van der Waals surface area contributed by atoms with Crippen LogP contribution in [0.15, 0.2) is 41.8 Å². The fourth-order valence-electron chi connectivity index (χ4n) is 2.41. The van der Waals surface area contributed by atoms with E-state index in [4.69, 9.17) is 0 Å². The number of benzene rings is 1. The SMILES string of the molecule is O=C(CNc1ccc(NC(=O)C2CC2)cc1)NC(=O)NCCc1cccs1. The van der Waals surface area contributed by atoms with E-state index in [9.17, 15) is 14.4 Å². The molecule has 1 saturated carbocycles. The van der Waals surface area contributed by atoms with E-state index in [1.807, 2.05) is 17.5 Å². The van der Waals surface area contributed by atoms with E-state index in [0.29, 0.717) is 6.54 Å². The van der Waals surface area contributed by atoms with E-state index in [1.54, 1.807) is 35.6 Å². The molecule has 0 atom stereocenters. The van der Waals surface area contributed by atoms with E-state index in [-0.39, 0.29) is 18.4 Å². The average Bonchev–Trinajstić information content (AvgIpc) is 3.38. The van der Waals surface area contributed by atoms with Gasteiger partial charge in [0.25, 0.3) is 0 Å². The van der Waals surface area contributed by atoms with Crippen LogP contribution in [-0.4, -0.2) is 30.9 Å². The summed E-state index contributed by atoms with van der Waals surface area (Å²) in [6.45, 7) is 0.452. The van der Waals surface area contributed by atoms with Gasteiger partial charge in [0.2, 0.25) is 11.8 Å². The summed E-state index contributed by atoms with van der Waals surface area (Å²) in [4.78, 5) is 36.4. The van der Waals surface area contributed by atoms with Crippen LogP contribution in [0.3, 0.4) is 0 Å². The lowest BCUT2D eigenvalue weighted by Gasteiger charge is -2.09. The zero-order valence-electron chi connectivity index (χ0n) is 14.8. The Morgan fingerprint density at radius 1 is 1.04 bits per heavy atom. The van der Waals surface area contributed by atoms with Crippen LogP contribution in [-0.2, 0) is 16.0 Å². The molecule has 7 nitrogen and oxygen atoms in total. The van der Waals surface area contributed by atoms with Crippen LogP contribution in [0.1, 0.15) is 17.7 Å². The maximum absolute atomic E-state index is 11.8. The molecule has 8 heteroatoms. The first-order valence-corrected chi connectivity index (χ1v) is 9.73. The van der Waals surface area contributed by atoms with Crippen molar-refractivity contribution in [2.24, 2.45) is 5.92 Å². The van der Waals surface area contributed by atoms with Gasteiger partial charge in [0.1, 0.15) is 0 Å². The molecule has 1 aliphatic rings. The summed E-state index contributed by atoms with van der Waals surface area (Å²) in [5.74, 6) is -0.210. The highest BCUT2D eigenvalue weighted by atomic mass is 32.1. The molecule has 1 aliphatic carbocycles. The Morgan fingerprint density at radius 2 is 1.78 bits per heavy atom. The Balaban J connectivity index is 1.33. The second-order valence-corrected chi connectivity index (χ2v) is 7.36. The van der Waals surface area contributed by atoms with E-state index in [0.717, 1.165) is 30.6 Å². The normalized spacial score (nSPS) is 12.9. The number of carbonyl (C=O) groups is 3. The lowest BCUT2D eigenvalue weighted by molar-refractivity contribution is -0.118. The molecule has 4 N–H and O–H groups in total. The van der Waals surface area contributed by atoms with Crippen LogP contribution >= 0.6 is 11.3 Å². The number of hydrogen-bond acceptors (Lipinski definition) is 5. The van der Waals surface area contributed by atoms with Crippen molar-refractivity contribution in [1.29, 1.82) is 0 Å². The molecule has 0 spiro atoms. The van der Waals surface area contributed by atoms with Crippen LogP contribution < -0.4 is 21.3 Å². The van der Waals surface area contributed by atoms with E-state index in [2.05, 4.69) is 21.3 Å². The molecule has 0 aliphatic heterocycles. The Morgan fingerprint density at radius 3 is 2.44 bits per heavy atom. The smallest absolute Gasteiger partial charge is 0.321 e. The summed E-state index contributed by atoms with van der Waals surface area (Å²) in [7, 11) is 0. The molecule has 142 valence electrons. The van der Waals surface area contributed by atoms with Gasteiger partial charge < -0.3 is 16.0 Å². The highest BCUT2D eigenvalue weighted by molar-refractivity contribution is 7.09.